The third-order valence-electron chi connectivity index (χ3n) is 4.13. The number of nitrogens with zero attached hydrogens (tertiary/aromatic N) is 1. The van der Waals surface area contributed by atoms with Crippen LogP contribution < -0.4 is 4.70 Å². The van der Waals surface area contributed by atoms with Gasteiger partial charge in [-0.3, -0.25) is 4.48 Å². The lowest BCUT2D eigenvalue weighted by Gasteiger charge is -2.41. The van der Waals surface area contributed by atoms with Crippen molar-refractivity contribution in [3.63, 3.8) is 0 Å². The van der Waals surface area contributed by atoms with Crippen molar-refractivity contribution < 1.29 is 26.7 Å². The molecule has 6 heteroatoms. The monoisotopic (exact) mass is 333 g/mol. The standard InChI is InChI=1S/C16H32F4N.FH/c1-4-7-12-21(13-8-5-2,14-9-6-3)15(17)10-11-16(18,19)20;/h15H,4-14H2,1-3H3;1H/q+1;/p-1. The van der Waals surface area contributed by atoms with E-state index in [2.05, 4.69) is 0 Å². The van der Waals surface area contributed by atoms with E-state index >= 15 is 0 Å². The van der Waals surface area contributed by atoms with Gasteiger partial charge in [-0.05, 0) is 19.3 Å². The van der Waals surface area contributed by atoms with Gasteiger partial charge in [0.25, 0.3) is 0 Å². The van der Waals surface area contributed by atoms with Gasteiger partial charge in [-0.25, -0.2) is 0 Å². The number of hydrogen-bond acceptors (Lipinski definition) is 0. The fourth-order valence-corrected chi connectivity index (χ4v) is 2.73. The minimum Gasteiger partial charge on any atom is -1.00 e. The van der Waals surface area contributed by atoms with Gasteiger partial charge in [0, 0.05) is 6.42 Å². The highest BCUT2D eigenvalue weighted by molar-refractivity contribution is 4.58. The topological polar surface area (TPSA) is 0 Å². The second-order valence-electron chi connectivity index (χ2n) is 6.04. The van der Waals surface area contributed by atoms with Gasteiger partial charge >= 0.3 is 6.18 Å². The molecule has 22 heavy (non-hydrogen) atoms. The summed E-state index contributed by atoms with van der Waals surface area (Å²) in [4.78, 5) is 0. The summed E-state index contributed by atoms with van der Waals surface area (Å²) in [5, 5.41) is 0. The summed E-state index contributed by atoms with van der Waals surface area (Å²) >= 11 is 0. The van der Waals surface area contributed by atoms with Crippen LogP contribution in [0.4, 0.5) is 17.6 Å². The molecule has 0 aromatic carbocycles. The van der Waals surface area contributed by atoms with Crippen LogP contribution in [0.5, 0.6) is 0 Å². The zero-order valence-corrected chi connectivity index (χ0v) is 14.2. The number of halogens is 5. The average Bonchev–Trinajstić information content (AvgIpc) is 2.43. The predicted molar refractivity (Wildman–Crippen MR) is 79.8 cm³/mol. The molecule has 0 rings (SSSR count). The minimum atomic E-state index is -4.26. The number of rotatable bonds is 12. The Morgan fingerprint density at radius 3 is 1.45 bits per heavy atom. The Bertz CT molecular complexity index is 234. The molecule has 1 unspecified atom stereocenters. The lowest BCUT2D eigenvalue weighted by Crippen LogP contribution is -3.00. The lowest BCUT2D eigenvalue weighted by molar-refractivity contribution is -0.966. The van der Waals surface area contributed by atoms with Crippen LogP contribution in [-0.2, 0) is 0 Å². The van der Waals surface area contributed by atoms with Crippen molar-refractivity contribution in [3.05, 3.63) is 0 Å². The maximum absolute atomic E-state index is 14.7. The Morgan fingerprint density at radius 2 is 1.18 bits per heavy atom. The SMILES string of the molecule is CCCC[N+](CCCC)(CCCC)C(F)CCC(F)(F)F.[F-]. The van der Waals surface area contributed by atoms with Gasteiger partial charge in [0.15, 0.2) is 0 Å². The molecule has 0 aromatic heterocycles. The largest absolute Gasteiger partial charge is 1.00 e. The van der Waals surface area contributed by atoms with Crippen LogP contribution >= 0.6 is 0 Å². The molecule has 0 aliphatic carbocycles. The lowest BCUT2D eigenvalue weighted by atomic mass is 10.1. The molecule has 0 bridgehead atoms. The molecule has 0 saturated heterocycles. The number of hydrogen-bond donors (Lipinski definition) is 0. The molecule has 0 saturated carbocycles. The van der Waals surface area contributed by atoms with E-state index in [4.69, 9.17) is 0 Å². The van der Waals surface area contributed by atoms with Gasteiger partial charge in [0.2, 0.25) is 6.30 Å². The van der Waals surface area contributed by atoms with E-state index in [0.717, 1.165) is 38.5 Å². The quantitative estimate of drug-likeness (QED) is 0.293. The van der Waals surface area contributed by atoms with Crippen LogP contribution in [0.3, 0.4) is 0 Å². The van der Waals surface area contributed by atoms with E-state index in [9.17, 15) is 17.6 Å². The van der Waals surface area contributed by atoms with Gasteiger partial charge < -0.3 is 4.70 Å². The molecule has 0 radical (unpaired) electrons. The Balaban J connectivity index is 0. The molecule has 0 N–H and O–H groups in total. The van der Waals surface area contributed by atoms with E-state index in [1.165, 1.54) is 0 Å². The van der Waals surface area contributed by atoms with Crippen LogP contribution in [0.15, 0.2) is 0 Å². The van der Waals surface area contributed by atoms with Gasteiger partial charge in [-0.1, -0.05) is 40.0 Å². The van der Waals surface area contributed by atoms with Crippen molar-refractivity contribution in [3.8, 4) is 0 Å². The molecule has 0 heterocycles. The van der Waals surface area contributed by atoms with E-state index in [-0.39, 0.29) is 9.19 Å². The zero-order chi connectivity index (χ0) is 16.4. The van der Waals surface area contributed by atoms with Gasteiger partial charge in [-0.15, -0.1) is 0 Å². The van der Waals surface area contributed by atoms with E-state index in [1.54, 1.807) is 0 Å². The first kappa shape index (κ1) is 23.9. The first-order valence-electron chi connectivity index (χ1n) is 8.38. The highest BCUT2D eigenvalue weighted by atomic mass is 19.4. The molecule has 0 aliphatic heterocycles. The Labute approximate surface area is 132 Å². The van der Waals surface area contributed by atoms with Crippen LogP contribution in [0.1, 0.15) is 72.1 Å². The highest BCUT2D eigenvalue weighted by Gasteiger charge is 2.38. The van der Waals surface area contributed by atoms with Crippen molar-refractivity contribution in [2.75, 3.05) is 19.6 Å². The van der Waals surface area contributed by atoms with Crippen LogP contribution in [0, 0.1) is 0 Å². The zero-order valence-electron chi connectivity index (χ0n) is 14.2. The number of quaternary nitrogens is 1. The Kier molecular flexibility index (Phi) is 13.1. The predicted octanol–water partition coefficient (Wildman–Crippen LogP) is 2.85. The Hall–Kier alpha value is -0.390. The maximum atomic E-state index is 14.7. The smallest absolute Gasteiger partial charge is 0.389 e. The Morgan fingerprint density at radius 1 is 0.818 bits per heavy atom. The van der Waals surface area contributed by atoms with Crippen molar-refractivity contribution in [1.82, 2.24) is 0 Å². The molecule has 0 amide bonds. The maximum Gasteiger partial charge on any atom is 0.389 e. The third kappa shape index (κ3) is 9.59. The van der Waals surface area contributed by atoms with Gasteiger partial charge in [0.1, 0.15) is 0 Å². The molecule has 0 fully saturated rings. The summed E-state index contributed by atoms with van der Waals surface area (Å²) in [7, 11) is 0. The second-order valence-corrected chi connectivity index (χ2v) is 6.04. The van der Waals surface area contributed by atoms with E-state index < -0.39 is 25.3 Å². The molecule has 1 nitrogen and oxygen atoms in total. The summed E-state index contributed by atoms with van der Waals surface area (Å²) in [6, 6.07) is 0. The average molecular weight is 333 g/mol. The molecule has 0 aliphatic rings. The van der Waals surface area contributed by atoms with Crippen LogP contribution in [0.25, 0.3) is 0 Å². The first-order valence-corrected chi connectivity index (χ1v) is 8.38. The van der Waals surface area contributed by atoms with Gasteiger partial charge in [0.05, 0.1) is 26.1 Å². The van der Waals surface area contributed by atoms with E-state index in [0.29, 0.717) is 19.6 Å². The fraction of sp³-hybridized carbons (Fsp3) is 1.00. The van der Waals surface area contributed by atoms with Crippen molar-refractivity contribution in [2.45, 2.75) is 84.6 Å². The number of alkyl halides is 4. The molecule has 0 aromatic rings. The van der Waals surface area contributed by atoms with E-state index in [1.807, 2.05) is 20.8 Å². The summed E-state index contributed by atoms with van der Waals surface area (Å²) in [5.41, 5.74) is 0. The molecule has 136 valence electrons. The summed E-state index contributed by atoms with van der Waals surface area (Å²) in [5.74, 6) is 0. The third-order valence-corrected chi connectivity index (χ3v) is 4.13. The van der Waals surface area contributed by atoms with Crippen LogP contribution in [-0.4, -0.2) is 36.6 Å². The van der Waals surface area contributed by atoms with Crippen LogP contribution in [0.2, 0.25) is 0 Å². The van der Waals surface area contributed by atoms with Gasteiger partial charge in [-0.2, -0.15) is 17.6 Å². The highest BCUT2D eigenvalue weighted by Crippen LogP contribution is 2.29. The molecule has 0 spiro atoms. The van der Waals surface area contributed by atoms with Crippen molar-refractivity contribution in [1.29, 1.82) is 0 Å². The number of unbranched alkanes of at least 4 members (excludes halogenated alkanes) is 3. The summed E-state index contributed by atoms with van der Waals surface area (Å²) in [6.45, 7) is 8.10. The second kappa shape index (κ2) is 12.1. The fourth-order valence-electron chi connectivity index (χ4n) is 2.73. The van der Waals surface area contributed by atoms with Crippen molar-refractivity contribution in [2.24, 2.45) is 0 Å². The van der Waals surface area contributed by atoms with Crippen molar-refractivity contribution >= 4 is 0 Å². The molecular formula is C16H32F5N. The minimum absolute atomic E-state index is 0. The summed E-state index contributed by atoms with van der Waals surface area (Å²) in [6.07, 6.45) is -1.60. The molecular weight excluding hydrogens is 301 g/mol. The summed E-state index contributed by atoms with van der Waals surface area (Å²) < 4.78 is 52.1. The normalized spacial score (nSPS) is 13.8. The molecule has 1 atom stereocenters. The first-order chi connectivity index (χ1) is 9.81.